The van der Waals surface area contributed by atoms with E-state index < -0.39 is 0 Å². The first-order valence-corrected chi connectivity index (χ1v) is 8.62. The largest absolute Gasteiger partial charge is 0.495 e. The van der Waals surface area contributed by atoms with Gasteiger partial charge < -0.3 is 20.7 Å². The number of anilines is 2. The molecule has 3 rings (SSSR count). The van der Waals surface area contributed by atoms with Gasteiger partial charge in [0.15, 0.2) is 0 Å². The average Bonchev–Trinajstić information content (AvgIpc) is 3.16. The highest BCUT2D eigenvalue weighted by molar-refractivity contribution is 5.99. The summed E-state index contributed by atoms with van der Waals surface area (Å²) in [6.07, 6.45) is 3.84. The van der Waals surface area contributed by atoms with Crippen LogP contribution in [0, 0.1) is 5.92 Å². The summed E-state index contributed by atoms with van der Waals surface area (Å²) >= 11 is 0. The first kappa shape index (κ1) is 17.2. The fraction of sp³-hybridized carbons (Fsp3) is 0.368. The molecule has 2 aromatic rings. The van der Waals surface area contributed by atoms with E-state index in [2.05, 4.69) is 20.9 Å². The number of hydrogen-bond donors (Lipinski definition) is 3. The lowest BCUT2D eigenvalue weighted by molar-refractivity contribution is 0.0952. The van der Waals surface area contributed by atoms with Crippen molar-refractivity contribution >= 4 is 17.4 Å². The molecule has 25 heavy (non-hydrogen) atoms. The molecule has 0 saturated carbocycles. The number of ether oxygens (including phenoxy) is 1. The summed E-state index contributed by atoms with van der Waals surface area (Å²) in [4.78, 5) is 16.9. The number of para-hydroxylation sites is 2. The second kappa shape index (κ2) is 8.48. The van der Waals surface area contributed by atoms with Gasteiger partial charge in [0.05, 0.1) is 18.4 Å². The minimum absolute atomic E-state index is 0.114. The summed E-state index contributed by atoms with van der Waals surface area (Å²) in [5, 5.41) is 9.54. The average molecular weight is 340 g/mol. The third-order valence-corrected chi connectivity index (χ3v) is 4.41. The fourth-order valence-corrected chi connectivity index (χ4v) is 3.01. The molecule has 0 aliphatic carbocycles. The lowest BCUT2D eigenvalue weighted by atomic mass is 10.1. The van der Waals surface area contributed by atoms with Crippen molar-refractivity contribution in [3.8, 4) is 5.75 Å². The molecule has 1 atom stereocenters. The Morgan fingerprint density at radius 1 is 1.32 bits per heavy atom. The van der Waals surface area contributed by atoms with Crippen LogP contribution in [0.15, 0.2) is 42.6 Å². The van der Waals surface area contributed by atoms with Crippen LogP contribution < -0.4 is 20.7 Å². The van der Waals surface area contributed by atoms with Crippen LogP contribution in [0.5, 0.6) is 5.75 Å². The predicted molar refractivity (Wildman–Crippen MR) is 98.4 cm³/mol. The molecule has 1 aliphatic heterocycles. The van der Waals surface area contributed by atoms with Crippen molar-refractivity contribution < 1.29 is 9.53 Å². The lowest BCUT2D eigenvalue weighted by Gasteiger charge is -2.14. The maximum Gasteiger partial charge on any atom is 0.255 e. The van der Waals surface area contributed by atoms with Crippen molar-refractivity contribution in [1.29, 1.82) is 0 Å². The van der Waals surface area contributed by atoms with Gasteiger partial charge in [-0.2, -0.15) is 0 Å². The summed E-state index contributed by atoms with van der Waals surface area (Å²) in [5.74, 6) is 1.76. The van der Waals surface area contributed by atoms with Crippen LogP contribution in [0.3, 0.4) is 0 Å². The van der Waals surface area contributed by atoms with E-state index in [0.29, 0.717) is 29.6 Å². The summed E-state index contributed by atoms with van der Waals surface area (Å²) in [5.41, 5.74) is 1.30. The third-order valence-electron chi connectivity index (χ3n) is 4.41. The van der Waals surface area contributed by atoms with Gasteiger partial charge in [0.1, 0.15) is 11.6 Å². The number of benzene rings is 1. The molecule has 0 bridgehead atoms. The number of methoxy groups -OCH3 is 1. The molecule has 1 aliphatic rings. The topological polar surface area (TPSA) is 75.3 Å². The molecule has 1 fully saturated rings. The molecule has 2 heterocycles. The molecule has 132 valence electrons. The van der Waals surface area contributed by atoms with Gasteiger partial charge in [-0.3, -0.25) is 4.79 Å². The molecule has 6 heteroatoms. The normalized spacial score (nSPS) is 16.4. The van der Waals surface area contributed by atoms with Crippen molar-refractivity contribution in [2.75, 3.05) is 32.1 Å². The molecule has 6 nitrogen and oxygen atoms in total. The van der Waals surface area contributed by atoms with E-state index in [-0.39, 0.29) is 5.91 Å². The van der Waals surface area contributed by atoms with Gasteiger partial charge >= 0.3 is 0 Å². The zero-order valence-electron chi connectivity index (χ0n) is 14.4. The number of nitrogens with one attached hydrogen (secondary N) is 3. The molecular weight excluding hydrogens is 316 g/mol. The molecule has 1 saturated heterocycles. The number of pyridine rings is 1. The highest BCUT2D eigenvalue weighted by Gasteiger charge is 2.16. The summed E-state index contributed by atoms with van der Waals surface area (Å²) < 4.78 is 5.34. The van der Waals surface area contributed by atoms with Crippen molar-refractivity contribution in [3.63, 3.8) is 0 Å². The maximum atomic E-state index is 12.5. The quantitative estimate of drug-likeness (QED) is 0.722. The zero-order valence-corrected chi connectivity index (χ0v) is 14.4. The van der Waals surface area contributed by atoms with Gasteiger partial charge in [0.25, 0.3) is 5.91 Å². The summed E-state index contributed by atoms with van der Waals surface area (Å²) in [6.45, 7) is 2.80. The zero-order chi connectivity index (χ0) is 17.5. The standard InChI is InChI=1S/C19H24N4O2/c1-25-17-7-3-2-6-16(17)23-18-15(5-4-10-21-18)19(24)22-12-9-14-8-11-20-13-14/h2-7,10,14,20H,8-9,11-13H2,1H3,(H,21,23)(H,22,24). The van der Waals surface area contributed by atoms with E-state index in [1.165, 1.54) is 6.42 Å². The number of carbonyl (C=O) groups excluding carboxylic acids is 1. The number of amides is 1. The maximum absolute atomic E-state index is 12.5. The Morgan fingerprint density at radius 2 is 2.20 bits per heavy atom. The minimum Gasteiger partial charge on any atom is -0.495 e. The van der Waals surface area contributed by atoms with Gasteiger partial charge in [-0.1, -0.05) is 12.1 Å². The van der Waals surface area contributed by atoms with Gasteiger partial charge in [-0.25, -0.2) is 4.98 Å². The van der Waals surface area contributed by atoms with Crippen LogP contribution in [0.2, 0.25) is 0 Å². The van der Waals surface area contributed by atoms with Crippen LogP contribution in [0.1, 0.15) is 23.2 Å². The van der Waals surface area contributed by atoms with Gasteiger partial charge in [-0.05, 0) is 56.1 Å². The molecule has 1 amide bonds. The molecule has 3 N–H and O–H groups in total. The van der Waals surface area contributed by atoms with E-state index in [0.717, 1.165) is 25.2 Å². The van der Waals surface area contributed by atoms with Crippen molar-refractivity contribution in [3.05, 3.63) is 48.2 Å². The number of hydrogen-bond acceptors (Lipinski definition) is 5. The Morgan fingerprint density at radius 3 is 3.00 bits per heavy atom. The van der Waals surface area contributed by atoms with Crippen LogP contribution in [-0.4, -0.2) is 37.6 Å². The van der Waals surface area contributed by atoms with Crippen molar-refractivity contribution in [1.82, 2.24) is 15.6 Å². The van der Waals surface area contributed by atoms with E-state index in [1.807, 2.05) is 24.3 Å². The Labute approximate surface area is 148 Å². The number of carbonyl (C=O) groups is 1. The van der Waals surface area contributed by atoms with Crippen LogP contribution >= 0.6 is 0 Å². The Hall–Kier alpha value is -2.60. The first-order chi connectivity index (χ1) is 12.3. The monoisotopic (exact) mass is 340 g/mol. The highest BCUT2D eigenvalue weighted by Crippen LogP contribution is 2.27. The predicted octanol–water partition coefficient (Wildman–Crippen LogP) is 2.56. The van der Waals surface area contributed by atoms with Crippen LogP contribution in [0.25, 0.3) is 0 Å². The molecule has 1 aromatic carbocycles. The van der Waals surface area contributed by atoms with Crippen LogP contribution in [0.4, 0.5) is 11.5 Å². The third kappa shape index (κ3) is 4.48. The van der Waals surface area contributed by atoms with Gasteiger partial charge in [0.2, 0.25) is 0 Å². The van der Waals surface area contributed by atoms with E-state index in [1.54, 1.807) is 25.4 Å². The SMILES string of the molecule is COc1ccccc1Nc1ncccc1C(=O)NCCC1CCNC1. The first-order valence-electron chi connectivity index (χ1n) is 8.62. The second-order valence-corrected chi connectivity index (χ2v) is 6.13. The van der Waals surface area contributed by atoms with Gasteiger partial charge in [-0.15, -0.1) is 0 Å². The summed E-state index contributed by atoms with van der Waals surface area (Å²) in [7, 11) is 1.62. The Bertz CT molecular complexity index is 714. The Kier molecular flexibility index (Phi) is 5.85. The van der Waals surface area contributed by atoms with Gasteiger partial charge in [0, 0.05) is 12.7 Å². The van der Waals surface area contributed by atoms with Crippen molar-refractivity contribution in [2.45, 2.75) is 12.8 Å². The fourth-order valence-electron chi connectivity index (χ4n) is 3.01. The minimum atomic E-state index is -0.114. The van der Waals surface area contributed by atoms with E-state index >= 15 is 0 Å². The number of aromatic nitrogens is 1. The van der Waals surface area contributed by atoms with E-state index in [9.17, 15) is 4.79 Å². The van der Waals surface area contributed by atoms with Crippen LogP contribution in [-0.2, 0) is 0 Å². The highest BCUT2D eigenvalue weighted by atomic mass is 16.5. The molecule has 1 unspecified atom stereocenters. The molecule has 0 spiro atoms. The molecule has 1 aromatic heterocycles. The van der Waals surface area contributed by atoms with E-state index in [4.69, 9.17) is 4.74 Å². The molecule has 0 radical (unpaired) electrons. The number of rotatable bonds is 7. The number of nitrogens with zero attached hydrogens (tertiary/aromatic N) is 1. The second-order valence-electron chi connectivity index (χ2n) is 6.13. The van der Waals surface area contributed by atoms with Crippen molar-refractivity contribution in [2.24, 2.45) is 5.92 Å². The molecular formula is C19H24N4O2. The lowest BCUT2D eigenvalue weighted by Crippen LogP contribution is -2.27. The smallest absolute Gasteiger partial charge is 0.255 e. The summed E-state index contributed by atoms with van der Waals surface area (Å²) in [6, 6.07) is 11.1. The Balaban J connectivity index is 1.66.